The lowest BCUT2D eigenvalue weighted by molar-refractivity contribution is 0.102. The van der Waals surface area contributed by atoms with Crippen molar-refractivity contribution < 1.29 is 4.79 Å². The molecule has 0 aliphatic carbocycles. The number of thiazole rings is 1. The molecule has 3 rings (SSSR count). The number of nitrogens with one attached hydrogen (secondary N) is 1. The van der Waals surface area contributed by atoms with Crippen LogP contribution in [0.25, 0.3) is 11.0 Å². The summed E-state index contributed by atoms with van der Waals surface area (Å²) in [5.74, 6) is 0.0437. The molecule has 0 saturated carbocycles. The molecule has 0 fully saturated rings. The minimum absolute atomic E-state index is 0.174. The number of hydrogen-bond acceptors (Lipinski definition) is 5. The second-order valence-electron chi connectivity index (χ2n) is 6.78. The molecule has 3 aromatic heterocycles. The Hall–Kier alpha value is -2.28. The van der Waals surface area contributed by atoms with Gasteiger partial charge >= 0.3 is 0 Å². The number of nitrogens with zero attached hydrogens (tertiary/aromatic N) is 4. The van der Waals surface area contributed by atoms with E-state index in [1.54, 1.807) is 6.20 Å². The number of amides is 1. The molecule has 0 aliphatic rings. The number of carbonyl (C=O) groups excluding carboxylic acids is 1. The molecule has 0 unspecified atom stereocenters. The summed E-state index contributed by atoms with van der Waals surface area (Å²) >= 11 is 1.48. The highest BCUT2D eigenvalue weighted by molar-refractivity contribution is 7.15. The maximum absolute atomic E-state index is 12.9. The van der Waals surface area contributed by atoms with E-state index in [2.05, 4.69) is 43.1 Å². The van der Waals surface area contributed by atoms with Crippen molar-refractivity contribution in [2.75, 3.05) is 5.32 Å². The number of hydrogen-bond donors (Lipinski definition) is 1. The minimum atomic E-state index is -0.175. The fourth-order valence-electron chi connectivity index (χ4n) is 2.59. The summed E-state index contributed by atoms with van der Waals surface area (Å²) in [5, 5.41) is 8.73. The van der Waals surface area contributed by atoms with Gasteiger partial charge in [-0.25, -0.2) is 14.6 Å². The van der Waals surface area contributed by atoms with Crippen LogP contribution in [-0.2, 0) is 0 Å². The topological polar surface area (TPSA) is 72.7 Å². The third-order valence-corrected chi connectivity index (χ3v) is 5.15. The van der Waals surface area contributed by atoms with E-state index in [0.29, 0.717) is 10.7 Å². The van der Waals surface area contributed by atoms with Crippen LogP contribution in [0.5, 0.6) is 0 Å². The average molecular weight is 357 g/mol. The molecule has 0 radical (unpaired) electrons. The number of pyridine rings is 1. The molecule has 0 bridgehead atoms. The zero-order chi connectivity index (χ0) is 18.3. The van der Waals surface area contributed by atoms with Crippen LogP contribution in [0.1, 0.15) is 66.3 Å². The first kappa shape index (κ1) is 17.5. The molecule has 0 aliphatic heterocycles. The van der Waals surface area contributed by atoms with Crippen molar-refractivity contribution in [1.29, 1.82) is 0 Å². The zero-order valence-corrected chi connectivity index (χ0v) is 16.2. The van der Waals surface area contributed by atoms with Crippen LogP contribution < -0.4 is 5.32 Å². The predicted molar refractivity (Wildman–Crippen MR) is 102 cm³/mol. The maximum Gasteiger partial charge on any atom is 0.258 e. The summed E-state index contributed by atoms with van der Waals surface area (Å²) in [6.45, 7) is 12.2. The molecule has 25 heavy (non-hydrogen) atoms. The van der Waals surface area contributed by atoms with Crippen LogP contribution in [0.3, 0.4) is 0 Å². The highest BCUT2D eigenvalue weighted by Gasteiger charge is 2.20. The summed E-state index contributed by atoms with van der Waals surface area (Å²) in [5.41, 5.74) is 3.16. The van der Waals surface area contributed by atoms with E-state index in [1.807, 2.05) is 24.6 Å². The van der Waals surface area contributed by atoms with Crippen molar-refractivity contribution in [1.82, 2.24) is 19.7 Å². The summed E-state index contributed by atoms with van der Waals surface area (Å²) < 4.78 is 1.86. The Labute approximate surface area is 151 Å². The molecule has 1 N–H and O–H groups in total. The molecule has 132 valence electrons. The standard InChI is InChI=1S/C18H23N5OS/c1-9(2)15-7-13(14-8-19-23(10(3)4)16(14)21-15)17(24)22-18-20-11(5)12(6)25-18/h7-10H,1-6H3,(H,20,22,24). The Balaban J connectivity index is 2.08. The van der Waals surface area contributed by atoms with Gasteiger partial charge in [-0.1, -0.05) is 13.8 Å². The summed E-state index contributed by atoms with van der Waals surface area (Å²) in [7, 11) is 0. The molecule has 1 amide bonds. The summed E-state index contributed by atoms with van der Waals surface area (Å²) in [6.07, 6.45) is 1.72. The Morgan fingerprint density at radius 1 is 1.20 bits per heavy atom. The number of aryl methyl sites for hydroxylation is 2. The van der Waals surface area contributed by atoms with Gasteiger partial charge in [0.1, 0.15) is 0 Å². The van der Waals surface area contributed by atoms with Gasteiger partial charge in [0.15, 0.2) is 10.8 Å². The lowest BCUT2D eigenvalue weighted by Gasteiger charge is -2.11. The van der Waals surface area contributed by atoms with E-state index in [0.717, 1.165) is 27.3 Å². The fraction of sp³-hybridized carbons (Fsp3) is 0.444. The first-order chi connectivity index (χ1) is 11.8. The number of rotatable bonds is 4. The molecule has 0 aromatic carbocycles. The summed E-state index contributed by atoms with van der Waals surface area (Å²) in [6, 6.07) is 2.04. The largest absolute Gasteiger partial charge is 0.298 e. The van der Waals surface area contributed by atoms with Gasteiger partial charge in [0.05, 0.1) is 22.8 Å². The van der Waals surface area contributed by atoms with Crippen molar-refractivity contribution in [3.05, 3.63) is 34.1 Å². The predicted octanol–water partition coefficient (Wildman–Crippen LogP) is 4.46. The molecule has 0 atom stereocenters. The van der Waals surface area contributed by atoms with Crippen molar-refractivity contribution in [2.45, 2.75) is 53.5 Å². The Bertz CT molecular complexity index is 919. The minimum Gasteiger partial charge on any atom is -0.298 e. The Morgan fingerprint density at radius 2 is 1.92 bits per heavy atom. The molecule has 3 aromatic rings. The highest BCUT2D eigenvalue weighted by atomic mass is 32.1. The lowest BCUT2D eigenvalue weighted by Crippen LogP contribution is -2.14. The quantitative estimate of drug-likeness (QED) is 0.748. The van der Waals surface area contributed by atoms with E-state index in [-0.39, 0.29) is 17.9 Å². The van der Waals surface area contributed by atoms with Crippen molar-refractivity contribution >= 4 is 33.4 Å². The molecular formula is C18H23N5OS. The van der Waals surface area contributed by atoms with Crippen LogP contribution in [0.15, 0.2) is 12.3 Å². The van der Waals surface area contributed by atoms with Crippen LogP contribution >= 0.6 is 11.3 Å². The van der Waals surface area contributed by atoms with Crippen LogP contribution in [0.4, 0.5) is 5.13 Å². The van der Waals surface area contributed by atoms with Gasteiger partial charge in [-0.3, -0.25) is 10.1 Å². The molecule has 7 heteroatoms. The second kappa shape index (κ2) is 6.55. The average Bonchev–Trinajstić information content (AvgIpc) is 3.09. The van der Waals surface area contributed by atoms with Crippen molar-refractivity contribution in [2.24, 2.45) is 0 Å². The third kappa shape index (κ3) is 3.28. The maximum atomic E-state index is 12.9. The lowest BCUT2D eigenvalue weighted by atomic mass is 10.0. The monoisotopic (exact) mass is 357 g/mol. The van der Waals surface area contributed by atoms with Gasteiger partial charge in [0, 0.05) is 16.6 Å². The van der Waals surface area contributed by atoms with Gasteiger partial charge in [0.25, 0.3) is 5.91 Å². The van der Waals surface area contributed by atoms with Gasteiger partial charge in [-0.05, 0) is 39.7 Å². The SMILES string of the molecule is Cc1nc(NC(=O)c2cc(C(C)C)nc3c2cnn3C(C)C)sc1C. The van der Waals surface area contributed by atoms with Crippen LogP contribution in [0.2, 0.25) is 0 Å². The van der Waals surface area contributed by atoms with Crippen molar-refractivity contribution in [3.8, 4) is 0 Å². The number of fused-ring (bicyclic) bond motifs is 1. The Kier molecular flexibility index (Phi) is 4.60. The normalized spacial score (nSPS) is 11.7. The van der Waals surface area contributed by atoms with Gasteiger partial charge in [-0.2, -0.15) is 5.10 Å². The smallest absolute Gasteiger partial charge is 0.258 e. The van der Waals surface area contributed by atoms with E-state index in [1.165, 1.54) is 11.3 Å². The van der Waals surface area contributed by atoms with Gasteiger partial charge < -0.3 is 0 Å². The van der Waals surface area contributed by atoms with E-state index in [4.69, 9.17) is 4.98 Å². The number of carbonyl (C=O) groups is 1. The highest BCUT2D eigenvalue weighted by Crippen LogP contribution is 2.26. The first-order valence-electron chi connectivity index (χ1n) is 8.41. The Morgan fingerprint density at radius 3 is 2.48 bits per heavy atom. The third-order valence-electron chi connectivity index (χ3n) is 4.16. The van der Waals surface area contributed by atoms with Gasteiger partial charge in [-0.15, -0.1) is 11.3 Å². The van der Waals surface area contributed by atoms with Crippen LogP contribution in [0, 0.1) is 13.8 Å². The number of anilines is 1. The van der Waals surface area contributed by atoms with E-state index < -0.39 is 0 Å². The van der Waals surface area contributed by atoms with Gasteiger partial charge in [0.2, 0.25) is 0 Å². The zero-order valence-electron chi connectivity index (χ0n) is 15.4. The first-order valence-corrected chi connectivity index (χ1v) is 9.23. The molecular weight excluding hydrogens is 334 g/mol. The molecule has 6 nitrogen and oxygen atoms in total. The van der Waals surface area contributed by atoms with E-state index >= 15 is 0 Å². The molecule has 0 saturated heterocycles. The van der Waals surface area contributed by atoms with Crippen molar-refractivity contribution in [3.63, 3.8) is 0 Å². The summed E-state index contributed by atoms with van der Waals surface area (Å²) in [4.78, 5) is 23.1. The number of aromatic nitrogens is 4. The van der Waals surface area contributed by atoms with Crippen LogP contribution in [-0.4, -0.2) is 25.7 Å². The molecule has 3 heterocycles. The second-order valence-corrected chi connectivity index (χ2v) is 7.99. The van der Waals surface area contributed by atoms with E-state index in [9.17, 15) is 4.79 Å². The fourth-order valence-corrected chi connectivity index (χ4v) is 3.40. The molecule has 0 spiro atoms.